The van der Waals surface area contributed by atoms with E-state index in [2.05, 4.69) is 25.6 Å². The number of guanidine groups is 1. The summed E-state index contributed by atoms with van der Waals surface area (Å²) in [5, 5.41) is 6.18. The predicted molar refractivity (Wildman–Crippen MR) is 125 cm³/mol. The molecule has 0 spiro atoms. The quantitative estimate of drug-likeness (QED) is 0.182. The Morgan fingerprint density at radius 3 is 2.56 bits per heavy atom. The first kappa shape index (κ1) is 25.4. The van der Waals surface area contributed by atoms with Gasteiger partial charge in [-0.2, -0.15) is 13.2 Å². The number of halogens is 4. The Labute approximate surface area is 200 Å². The van der Waals surface area contributed by atoms with Gasteiger partial charge in [-0.25, -0.2) is 15.0 Å². The Hall–Kier alpha value is -2.83. The minimum atomic E-state index is -4.42. The van der Waals surface area contributed by atoms with Crippen molar-refractivity contribution in [3.63, 3.8) is 0 Å². The molecule has 2 heterocycles. The zero-order valence-corrected chi connectivity index (χ0v) is 19.6. The zero-order valence-electron chi connectivity index (χ0n) is 17.2. The lowest BCUT2D eigenvalue weighted by Gasteiger charge is -2.12. The Balaban J connectivity index is 0.00000363. The predicted octanol–water partition coefficient (Wildman–Crippen LogP) is 4.51. The molecule has 0 aliphatic rings. The van der Waals surface area contributed by atoms with Crippen molar-refractivity contribution in [2.45, 2.75) is 19.6 Å². The van der Waals surface area contributed by atoms with Crippen LogP contribution in [0.5, 0.6) is 5.88 Å². The number of aliphatic imine (C=N–C) groups is 1. The number of pyridine rings is 1. The molecule has 0 aliphatic heterocycles. The number of rotatable bonds is 8. The molecule has 0 aliphatic carbocycles. The molecule has 0 amide bonds. The molecule has 0 saturated carbocycles. The van der Waals surface area contributed by atoms with Crippen LogP contribution in [0.4, 0.5) is 13.2 Å². The Morgan fingerprint density at radius 1 is 1.12 bits per heavy atom. The average molecular weight is 561 g/mol. The van der Waals surface area contributed by atoms with Gasteiger partial charge in [0.05, 0.1) is 18.7 Å². The van der Waals surface area contributed by atoms with Crippen LogP contribution in [0.15, 0.2) is 64.3 Å². The van der Waals surface area contributed by atoms with Crippen molar-refractivity contribution in [2.75, 3.05) is 19.7 Å². The molecule has 0 unspecified atom stereocenters. The number of aromatic nitrogens is 2. The molecule has 2 N–H and O–H groups in total. The number of hydrogen-bond donors (Lipinski definition) is 2. The van der Waals surface area contributed by atoms with E-state index in [1.165, 1.54) is 6.07 Å². The van der Waals surface area contributed by atoms with E-state index in [4.69, 9.17) is 9.15 Å². The highest BCUT2D eigenvalue weighted by molar-refractivity contribution is 14.0. The van der Waals surface area contributed by atoms with Crippen molar-refractivity contribution in [1.82, 2.24) is 20.6 Å². The standard InChI is InChI=1S/C21H22F3N5O2.HI/c1-2-25-20(26-10-11-30-18-9-8-16(12-27-18)21(22,23)24)28-13-17-14-31-19(29-17)15-6-4-3-5-7-15;/h3-9,12,14H,2,10-11,13H2,1H3,(H2,25,26,28);1H. The molecular weight excluding hydrogens is 538 g/mol. The fourth-order valence-corrected chi connectivity index (χ4v) is 2.55. The van der Waals surface area contributed by atoms with E-state index in [0.29, 0.717) is 37.2 Å². The fourth-order valence-electron chi connectivity index (χ4n) is 2.55. The minimum Gasteiger partial charge on any atom is -0.476 e. The van der Waals surface area contributed by atoms with Crippen LogP contribution in [0.3, 0.4) is 0 Å². The van der Waals surface area contributed by atoms with E-state index >= 15 is 0 Å². The number of hydrogen-bond acceptors (Lipinski definition) is 5. The van der Waals surface area contributed by atoms with Crippen LogP contribution in [0, 0.1) is 0 Å². The molecule has 2 aromatic heterocycles. The van der Waals surface area contributed by atoms with Gasteiger partial charge >= 0.3 is 6.18 Å². The molecule has 172 valence electrons. The molecule has 3 rings (SSSR count). The topological polar surface area (TPSA) is 84.6 Å². The maximum absolute atomic E-state index is 12.5. The van der Waals surface area contributed by atoms with Crippen molar-refractivity contribution in [2.24, 2.45) is 4.99 Å². The zero-order chi connectivity index (χ0) is 22.1. The third-order valence-corrected chi connectivity index (χ3v) is 4.02. The Kier molecular flexibility index (Phi) is 9.75. The van der Waals surface area contributed by atoms with E-state index < -0.39 is 11.7 Å². The van der Waals surface area contributed by atoms with Crippen molar-refractivity contribution in [3.05, 3.63) is 66.2 Å². The smallest absolute Gasteiger partial charge is 0.417 e. The van der Waals surface area contributed by atoms with E-state index in [9.17, 15) is 13.2 Å². The highest BCUT2D eigenvalue weighted by Gasteiger charge is 2.30. The van der Waals surface area contributed by atoms with Gasteiger partial charge in [0.25, 0.3) is 0 Å². The van der Waals surface area contributed by atoms with Crippen LogP contribution in [0.1, 0.15) is 18.2 Å². The summed E-state index contributed by atoms with van der Waals surface area (Å²) in [5.41, 5.74) is 0.751. The molecule has 0 fully saturated rings. The number of alkyl halides is 3. The molecule has 32 heavy (non-hydrogen) atoms. The van der Waals surface area contributed by atoms with Crippen LogP contribution < -0.4 is 15.4 Å². The first-order valence-corrected chi connectivity index (χ1v) is 9.63. The van der Waals surface area contributed by atoms with Crippen molar-refractivity contribution in [3.8, 4) is 17.3 Å². The molecular formula is C21H23F3IN5O2. The largest absolute Gasteiger partial charge is 0.476 e. The van der Waals surface area contributed by atoms with Crippen LogP contribution in [-0.4, -0.2) is 35.6 Å². The summed E-state index contributed by atoms with van der Waals surface area (Å²) in [4.78, 5) is 12.5. The monoisotopic (exact) mass is 561 g/mol. The lowest BCUT2D eigenvalue weighted by molar-refractivity contribution is -0.137. The van der Waals surface area contributed by atoms with E-state index in [1.807, 2.05) is 37.3 Å². The summed E-state index contributed by atoms with van der Waals surface area (Å²) in [6, 6.07) is 11.7. The first-order valence-electron chi connectivity index (χ1n) is 9.63. The summed E-state index contributed by atoms with van der Waals surface area (Å²) >= 11 is 0. The maximum atomic E-state index is 12.5. The van der Waals surface area contributed by atoms with Crippen molar-refractivity contribution >= 4 is 29.9 Å². The third-order valence-electron chi connectivity index (χ3n) is 4.02. The summed E-state index contributed by atoms with van der Waals surface area (Å²) < 4.78 is 48.5. The molecule has 0 bridgehead atoms. The number of oxazole rings is 1. The number of nitrogens with one attached hydrogen (secondary N) is 2. The van der Waals surface area contributed by atoms with Gasteiger partial charge in [0.15, 0.2) is 5.96 Å². The van der Waals surface area contributed by atoms with Gasteiger partial charge in [-0.15, -0.1) is 24.0 Å². The molecule has 3 aromatic rings. The average Bonchev–Trinajstić information content (AvgIpc) is 3.24. The van der Waals surface area contributed by atoms with Gasteiger partial charge < -0.3 is 19.8 Å². The normalized spacial score (nSPS) is 11.6. The van der Waals surface area contributed by atoms with Gasteiger partial charge in [-0.1, -0.05) is 18.2 Å². The summed E-state index contributed by atoms with van der Waals surface area (Å²) in [6.45, 7) is 3.48. The van der Waals surface area contributed by atoms with Crippen molar-refractivity contribution < 1.29 is 22.3 Å². The van der Waals surface area contributed by atoms with Gasteiger partial charge in [-0.3, -0.25) is 0 Å². The first-order chi connectivity index (χ1) is 15.0. The van der Waals surface area contributed by atoms with Crippen molar-refractivity contribution in [1.29, 1.82) is 0 Å². The summed E-state index contributed by atoms with van der Waals surface area (Å²) in [5.74, 6) is 1.20. The SMILES string of the molecule is CCNC(=NCc1coc(-c2ccccc2)n1)NCCOc1ccc(C(F)(F)F)cn1.I. The number of benzene rings is 1. The van der Waals surface area contributed by atoms with Gasteiger partial charge in [0.2, 0.25) is 11.8 Å². The van der Waals surface area contributed by atoms with Gasteiger partial charge in [0.1, 0.15) is 18.6 Å². The minimum absolute atomic E-state index is 0. The highest BCUT2D eigenvalue weighted by Crippen LogP contribution is 2.29. The lowest BCUT2D eigenvalue weighted by atomic mass is 10.2. The van der Waals surface area contributed by atoms with Crippen LogP contribution in [-0.2, 0) is 12.7 Å². The maximum Gasteiger partial charge on any atom is 0.417 e. The second-order valence-corrected chi connectivity index (χ2v) is 6.36. The van der Waals surface area contributed by atoms with Gasteiger partial charge in [-0.05, 0) is 25.1 Å². The summed E-state index contributed by atoms with van der Waals surface area (Å²) in [6.07, 6.45) is -2.11. The van der Waals surface area contributed by atoms with E-state index in [0.717, 1.165) is 17.8 Å². The van der Waals surface area contributed by atoms with Gasteiger partial charge in [0, 0.05) is 24.4 Å². The lowest BCUT2D eigenvalue weighted by Crippen LogP contribution is -2.39. The fraction of sp³-hybridized carbons (Fsp3) is 0.286. The van der Waals surface area contributed by atoms with E-state index in [-0.39, 0.29) is 36.5 Å². The number of nitrogens with zero attached hydrogens (tertiary/aromatic N) is 3. The third kappa shape index (κ3) is 7.70. The Morgan fingerprint density at radius 2 is 1.91 bits per heavy atom. The van der Waals surface area contributed by atoms with Crippen LogP contribution in [0.25, 0.3) is 11.5 Å². The molecule has 0 saturated heterocycles. The molecule has 7 nitrogen and oxygen atoms in total. The highest BCUT2D eigenvalue weighted by atomic mass is 127. The second-order valence-electron chi connectivity index (χ2n) is 6.36. The Bertz CT molecular complexity index is 979. The number of ether oxygens (including phenoxy) is 1. The molecule has 0 atom stereocenters. The summed E-state index contributed by atoms with van der Waals surface area (Å²) in [7, 11) is 0. The second kappa shape index (κ2) is 12.3. The van der Waals surface area contributed by atoms with Crippen LogP contribution >= 0.6 is 24.0 Å². The van der Waals surface area contributed by atoms with Crippen LogP contribution in [0.2, 0.25) is 0 Å². The molecule has 1 aromatic carbocycles. The molecule has 0 radical (unpaired) electrons. The van der Waals surface area contributed by atoms with E-state index in [1.54, 1.807) is 6.26 Å². The molecule has 11 heteroatoms.